The molecule has 1 aliphatic heterocycles. The first-order valence-electron chi connectivity index (χ1n) is 2.92. The van der Waals surface area contributed by atoms with Gasteiger partial charge in [0.25, 0.3) is 31.3 Å². The zero-order valence-corrected chi connectivity index (χ0v) is 39.4. The van der Waals surface area contributed by atoms with Crippen molar-refractivity contribution in [3.8, 4) is 0 Å². The molecule has 1 saturated heterocycles. The smallest absolute Gasteiger partial charge is 0.756 e. The molecule has 0 radical (unpaired) electrons. The van der Waals surface area contributed by atoms with E-state index in [9.17, 15) is 37.8 Å². The average molecular weight is 848 g/mol. The fraction of sp³-hybridized carbons (Fsp3) is 0. The molecule has 1 rings (SSSR count). The molecule has 1 fully saturated rings. The van der Waals surface area contributed by atoms with Gasteiger partial charge < -0.3 is 19.6 Å². The number of rotatable bonds is 0. The number of hydrogen-bond donors (Lipinski definition) is 0. The van der Waals surface area contributed by atoms with E-state index < -0.39 is 31.3 Å². The summed E-state index contributed by atoms with van der Waals surface area (Å²) in [5.74, 6) is 0. The molecule has 0 saturated carbocycles. The summed E-state index contributed by atoms with van der Waals surface area (Å²) in [5, 5.41) is 0. The van der Waals surface area contributed by atoms with Crippen molar-refractivity contribution in [1.29, 1.82) is 0 Å². The maximum absolute atomic E-state index is 10.6. The first-order chi connectivity index (χ1) is 6.83. The molecule has 1 aliphatic rings. The van der Waals surface area contributed by atoms with Crippen molar-refractivity contribution in [2.45, 2.75) is 0 Å². The summed E-state index contributed by atoms with van der Waals surface area (Å²) in [4.78, 5) is 42.2. The van der Waals surface area contributed by atoms with E-state index in [1.54, 1.807) is 0 Å². The molecule has 0 spiro atoms. The Balaban J connectivity index is -0.000000320. The molecular formula is Cs4O12P4. The molecule has 96 valence electrons. The molecule has 0 bridgehead atoms. The monoisotopic (exact) mass is 847 g/mol. The van der Waals surface area contributed by atoms with Crippen molar-refractivity contribution < 1.29 is 331 Å². The maximum Gasteiger partial charge on any atom is 1.00 e. The molecule has 0 aromatic heterocycles. The van der Waals surface area contributed by atoms with Gasteiger partial charge in [0.2, 0.25) is 0 Å². The summed E-state index contributed by atoms with van der Waals surface area (Å²) in [7, 11) is -23.5. The van der Waals surface area contributed by atoms with Gasteiger partial charge >= 0.3 is 276 Å². The molecule has 12 nitrogen and oxygen atoms in total. The molecule has 0 N–H and O–H groups in total. The summed E-state index contributed by atoms with van der Waals surface area (Å²) in [5.41, 5.74) is 0. The topological polar surface area (TPSA) is 197 Å². The van der Waals surface area contributed by atoms with E-state index in [0.717, 1.165) is 0 Å². The van der Waals surface area contributed by atoms with Crippen LogP contribution in [0.15, 0.2) is 0 Å². The fourth-order valence-electron chi connectivity index (χ4n) is 0.550. The van der Waals surface area contributed by atoms with Crippen LogP contribution >= 0.6 is 31.3 Å². The zero-order valence-electron chi connectivity index (χ0n) is 10.7. The number of phosphoric acid groups is 4. The Morgan fingerprint density at radius 3 is 0.650 bits per heavy atom. The molecule has 0 aromatic rings. The fourth-order valence-corrected chi connectivity index (χ4v) is 6.02. The third-order valence-electron chi connectivity index (χ3n) is 0.800. The standard InChI is InChI=1S/4Cs.H4O12P4/c;;;;1-13(2)9-14(3,4)11-16(7,8)12-15(5,6)10-13/h;;;;(H,1,2)(H,3,4)(H,5,6)(H,7,8)/q4*+1;/p-4. The molecule has 0 amide bonds. The summed E-state index contributed by atoms with van der Waals surface area (Å²) in [6.45, 7) is 0. The Labute approximate surface area is 348 Å². The van der Waals surface area contributed by atoms with Gasteiger partial charge in [-0.2, -0.15) is 0 Å². The summed E-state index contributed by atoms with van der Waals surface area (Å²) < 4.78 is 54.5. The van der Waals surface area contributed by atoms with Gasteiger partial charge in [0.1, 0.15) is 0 Å². The van der Waals surface area contributed by atoms with E-state index in [1.807, 2.05) is 0 Å². The summed E-state index contributed by atoms with van der Waals surface area (Å²) in [6, 6.07) is 0. The van der Waals surface area contributed by atoms with Crippen LogP contribution in [0.2, 0.25) is 0 Å². The van der Waals surface area contributed by atoms with E-state index in [0.29, 0.717) is 0 Å². The Bertz CT molecular complexity index is 372. The predicted molar refractivity (Wildman–Crippen MR) is 34.8 cm³/mol. The van der Waals surface area contributed by atoms with Crippen molar-refractivity contribution in [2.75, 3.05) is 0 Å². The molecule has 0 aromatic carbocycles. The van der Waals surface area contributed by atoms with Crippen LogP contribution in [0, 0.1) is 0 Å². The van der Waals surface area contributed by atoms with Crippen LogP contribution in [0.5, 0.6) is 0 Å². The van der Waals surface area contributed by atoms with E-state index in [1.165, 1.54) is 0 Å². The molecule has 0 unspecified atom stereocenters. The normalized spacial score (nSPS) is 44.2. The van der Waals surface area contributed by atoms with Gasteiger partial charge in [-0.3, -0.25) is 18.3 Å². The van der Waals surface area contributed by atoms with E-state index in [-0.39, 0.29) is 276 Å². The van der Waals surface area contributed by atoms with Gasteiger partial charge in [-0.05, 0) is 0 Å². The van der Waals surface area contributed by atoms with Crippen LogP contribution in [-0.2, 0) is 35.5 Å². The largest absolute Gasteiger partial charge is 1.00 e. The van der Waals surface area contributed by atoms with Gasteiger partial charge in [-0.1, -0.05) is 0 Å². The van der Waals surface area contributed by atoms with Gasteiger partial charge in [0.05, 0.1) is 0 Å². The van der Waals surface area contributed by atoms with E-state index in [2.05, 4.69) is 17.2 Å². The minimum Gasteiger partial charge on any atom is -0.756 e. The second-order valence-corrected chi connectivity index (χ2v) is 8.31. The Morgan fingerprint density at radius 1 is 0.450 bits per heavy atom. The van der Waals surface area contributed by atoms with E-state index >= 15 is 0 Å². The van der Waals surface area contributed by atoms with E-state index in [4.69, 9.17) is 0 Å². The minimum absolute atomic E-state index is 0. The minimum atomic E-state index is -5.87. The second kappa shape index (κ2) is 14.8. The Kier molecular flexibility index (Phi) is 26.7. The average Bonchev–Trinajstić information content (AvgIpc) is 1.67. The van der Waals surface area contributed by atoms with Crippen LogP contribution in [-0.4, -0.2) is 0 Å². The van der Waals surface area contributed by atoms with Crippen molar-refractivity contribution in [3.63, 3.8) is 0 Å². The second-order valence-electron chi connectivity index (χ2n) is 2.12. The third-order valence-corrected chi connectivity index (χ3v) is 7.20. The predicted octanol–water partition coefficient (Wildman–Crippen LogP) is -14.0. The quantitative estimate of drug-likeness (QED) is 0.209. The molecule has 1 heterocycles. The Hall–Kier alpha value is 8.81. The van der Waals surface area contributed by atoms with Gasteiger partial charge in [-0.15, -0.1) is 0 Å². The summed E-state index contributed by atoms with van der Waals surface area (Å²) in [6.07, 6.45) is 0. The molecule has 20 heavy (non-hydrogen) atoms. The van der Waals surface area contributed by atoms with Crippen molar-refractivity contribution in [3.05, 3.63) is 0 Å². The Morgan fingerprint density at radius 2 is 0.550 bits per heavy atom. The molecule has 0 aliphatic carbocycles. The molecule has 20 heteroatoms. The van der Waals surface area contributed by atoms with Gasteiger partial charge in [0.15, 0.2) is 0 Å². The molecular weight excluding hydrogens is 848 g/mol. The van der Waals surface area contributed by atoms with Crippen LogP contribution < -0.4 is 295 Å². The van der Waals surface area contributed by atoms with Crippen molar-refractivity contribution >= 4 is 31.3 Å². The molecule has 0 atom stereocenters. The summed E-state index contributed by atoms with van der Waals surface area (Å²) >= 11 is 0. The van der Waals surface area contributed by atoms with Crippen LogP contribution in [0.3, 0.4) is 0 Å². The van der Waals surface area contributed by atoms with Gasteiger partial charge in [0, 0.05) is 0 Å². The zero-order chi connectivity index (χ0) is 12.8. The van der Waals surface area contributed by atoms with Crippen LogP contribution in [0.4, 0.5) is 0 Å². The first-order valence-corrected chi connectivity index (χ1v) is 8.76. The third kappa shape index (κ3) is 16.6. The number of hydrogen-bond acceptors (Lipinski definition) is 12. The van der Waals surface area contributed by atoms with Crippen molar-refractivity contribution in [2.24, 2.45) is 0 Å². The van der Waals surface area contributed by atoms with Crippen LogP contribution in [0.25, 0.3) is 0 Å². The van der Waals surface area contributed by atoms with Crippen molar-refractivity contribution in [1.82, 2.24) is 0 Å². The SMILES string of the molecule is O=P1([O-])OP(=O)([O-])OP(=O)([O-])OP(=O)([O-])O1.[Cs+].[Cs+].[Cs+].[Cs+]. The first kappa shape index (κ1) is 36.2. The van der Waals surface area contributed by atoms with Crippen LogP contribution in [0.1, 0.15) is 0 Å². The van der Waals surface area contributed by atoms with Gasteiger partial charge in [-0.25, -0.2) is 17.2 Å². The maximum atomic E-state index is 10.6.